The van der Waals surface area contributed by atoms with E-state index in [1.54, 1.807) is 30.3 Å². The van der Waals surface area contributed by atoms with Gasteiger partial charge in [-0.25, -0.2) is 0 Å². The molecule has 0 aliphatic rings. The summed E-state index contributed by atoms with van der Waals surface area (Å²) in [6.45, 7) is 0. The van der Waals surface area contributed by atoms with Gasteiger partial charge in [-0.2, -0.15) is 13.7 Å². The molecular formula is C23H16ClIN2O5S. The SMILES string of the molecule is COc1cc(/C=C(\C#N)C(=O)Nc2ccc(I)cc2)cc(Cl)c1OS(=O)(=O)c1ccccc1. The van der Waals surface area contributed by atoms with Gasteiger partial charge < -0.3 is 14.2 Å². The second kappa shape index (κ2) is 10.7. The van der Waals surface area contributed by atoms with Crippen LogP contribution in [0.3, 0.4) is 0 Å². The molecule has 33 heavy (non-hydrogen) atoms. The van der Waals surface area contributed by atoms with Gasteiger partial charge in [0.05, 0.1) is 12.1 Å². The minimum atomic E-state index is -4.16. The van der Waals surface area contributed by atoms with E-state index in [2.05, 4.69) is 27.9 Å². The van der Waals surface area contributed by atoms with E-state index in [4.69, 9.17) is 20.5 Å². The maximum Gasteiger partial charge on any atom is 0.339 e. The molecule has 1 amide bonds. The smallest absolute Gasteiger partial charge is 0.339 e. The number of halogens is 2. The van der Waals surface area contributed by atoms with E-state index in [-0.39, 0.29) is 27.0 Å². The van der Waals surface area contributed by atoms with Crippen molar-refractivity contribution in [3.8, 4) is 17.6 Å². The lowest BCUT2D eigenvalue weighted by Gasteiger charge is -2.13. The Kier molecular flexibility index (Phi) is 7.97. The summed E-state index contributed by atoms with van der Waals surface area (Å²) in [6.07, 6.45) is 1.31. The molecule has 3 aromatic carbocycles. The van der Waals surface area contributed by atoms with E-state index in [1.165, 1.54) is 37.5 Å². The molecule has 0 atom stereocenters. The number of hydrogen-bond donors (Lipinski definition) is 1. The van der Waals surface area contributed by atoms with Gasteiger partial charge in [-0.1, -0.05) is 29.8 Å². The molecule has 1 N–H and O–H groups in total. The van der Waals surface area contributed by atoms with Crippen LogP contribution in [0.4, 0.5) is 5.69 Å². The molecule has 168 valence electrons. The minimum absolute atomic E-state index is 0.0172. The van der Waals surface area contributed by atoms with E-state index in [0.29, 0.717) is 11.3 Å². The summed E-state index contributed by atoms with van der Waals surface area (Å²) in [5, 5.41) is 12.0. The first-order valence-corrected chi connectivity index (χ1v) is 12.2. The van der Waals surface area contributed by atoms with Gasteiger partial charge in [-0.05, 0) is 82.8 Å². The number of nitriles is 1. The molecule has 0 saturated carbocycles. The molecule has 3 rings (SSSR count). The van der Waals surface area contributed by atoms with Gasteiger partial charge in [0.2, 0.25) is 5.75 Å². The number of nitrogens with one attached hydrogen (secondary N) is 1. The second-order valence-electron chi connectivity index (χ2n) is 6.52. The standard InChI is InChI=1S/C23H16ClIN2O5S/c1-31-21-13-15(11-16(14-26)23(28)27-18-9-7-17(25)8-10-18)12-20(24)22(21)32-33(29,30)19-5-3-2-4-6-19/h2-13H,1H3,(H,27,28)/b16-11+. The highest BCUT2D eigenvalue weighted by Crippen LogP contribution is 2.38. The van der Waals surface area contributed by atoms with Crippen LogP contribution < -0.4 is 14.2 Å². The van der Waals surface area contributed by atoms with Crippen LogP contribution in [0.25, 0.3) is 6.08 Å². The third kappa shape index (κ3) is 6.25. The Hall–Kier alpha value is -3.07. The van der Waals surface area contributed by atoms with Crippen molar-refractivity contribution in [2.24, 2.45) is 0 Å². The molecule has 0 unspecified atom stereocenters. The van der Waals surface area contributed by atoms with Crippen LogP contribution >= 0.6 is 34.2 Å². The Labute approximate surface area is 209 Å². The van der Waals surface area contributed by atoms with Crippen molar-refractivity contribution < 1.29 is 22.1 Å². The summed E-state index contributed by atoms with van der Waals surface area (Å²) >= 11 is 8.42. The van der Waals surface area contributed by atoms with Crippen LogP contribution in [0, 0.1) is 14.9 Å². The van der Waals surface area contributed by atoms with E-state index in [9.17, 15) is 18.5 Å². The lowest BCUT2D eigenvalue weighted by Crippen LogP contribution is -2.13. The summed E-state index contributed by atoms with van der Waals surface area (Å²) in [5.41, 5.74) is 0.694. The Morgan fingerprint density at radius 2 is 1.79 bits per heavy atom. The Morgan fingerprint density at radius 3 is 2.39 bits per heavy atom. The van der Waals surface area contributed by atoms with Crippen molar-refractivity contribution in [1.82, 2.24) is 0 Å². The topological polar surface area (TPSA) is 105 Å². The molecule has 0 bridgehead atoms. The lowest BCUT2D eigenvalue weighted by atomic mass is 10.1. The maximum atomic E-state index is 12.6. The number of carbonyl (C=O) groups is 1. The van der Waals surface area contributed by atoms with Gasteiger partial charge in [0.15, 0.2) is 5.75 Å². The Balaban J connectivity index is 1.90. The maximum absolute atomic E-state index is 12.6. The third-order valence-electron chi connectivity index (χ3n) is 4.25. The van der Waals surface area contributed by atoms with Gasteiger partial charge in [0.1, 0.15) is 16.5 Å². The minimum Gasteiger partial charge on any atom is -0.493 e. The zero-order chi connectivity index (χ0) is 24.0. The van der Waals surface area contributed by atoms with Crippen LogP contribution in [0.15, 0.2) is 77.2 Å². The number of carbonyl (C=O) groups excluding carboxylic acids is 1. The van der Waals surface area contributed by atoms with Crippen LogP contribution in [0.1, 0.15) is 5.56 Å². The first-order chi connectivity index (χ1) is 15.7. The van der Waals surface area contributed by atoms with Crippen molar-refractivity contribution in [3.63, 3.8) is 0 Å². The number of ether oxygens (including phenoxy) is 1. The summed E-state index contributed by atoms with van der Waals surface area (Å²) in [6, 6.07) is 19.3. The normalized spacial score (nSPS) is 11.4. The van der Waals surface area contributed by atoms with Crippen molar-refractivity contribution in [2.45, 2.75) is 4.90 Å². The van der Waals surface area contributed by atoms with E-state index in [1.807, 2.05) is 18.2 Å². The highest BCUT2D eigenvalue weighted by molar-refractivity contribution is 14.1. The zero-order valence-electron chi connectivity index (χ0n) is 17.1. The molecule has 0 saturated heterocycles. The third-order valence-corrected chi connectivity index (χ3v) is 6.49. The van der Waals surface area contributed by atoms with Crippen molar-refractivity contribution >= 4 is 62.0 Å². The van der Waals surface area contributed by atoms with Gasteiger partial charge in [-0.15, -0.1) is 0 Å². The predicted molar refractivity (Wildman–Crippen MR) is 134 cm³/mol. The number of nitrogens with zero attached hydrogens (tertiary/aromatic N) is 1. The van der Waals surface area contributed by atoms with Crippen LogP contribution in [0.2, 0.25) is 5.02 Å². The van der Waals surface area contributed by atoms with Gasteiger partial charge >= 0.3 is 10.1 Å². The van der Waals surface area contributed by atoms with Gasteiger partial charge in [-0.3, -0.25) is 4.79 Å². The van der Waals surface area contributed by atoms with Crippen LogP contribution in [-0.4, -0.2) is 21.4 Å². The monoisotopic (exact) mass is 594 g/mol. The summed E-state index contributed by atoms with van der Waals surface area (Å²) in [7, 11) is -2.84. The second-order valence-corrected chi connectivity index (χ2v) is 9.71. The lowest BCUT2D eigenvalue weighted by molar-refractivity contribution is -0.112. The van der Waals surface area contributed by atoms with E-state index >= 15 is 0 Å². The molecule has 0 aromatic heterocycles. The molecule has 0 radical (unpaired) electrons. The van der Waals surface area contributed by atoms with E-state index in [0.717, 1.165) is 3.57 Å². The quantitative estimate of drug-likeness (QED) is 0.173. The molecular weight excluding hydrogens is 579 g/mol. The number of amides is 1. The van der Waals surface area contributed by atoms with Crippen LogP contribution in [0.5, 0.6) is 11.5 Å². The van der Waals surface area contributed by atoms with Crippen molar-refractivity contribution in [3.05, 3.63) is 86.5 Å². The largest absolute Gasteiger partial charge is 0.493 e. The number of methoxy groups -OCH3 is 1. The number of benzene rings is 3. The molecule has 10 heteroatoms. The summed E-state index contributed by atoms with van der Waals surface area (Å²) < 4.78 is 36.6. The highest BCUT2D eigenvalue weighted by Gasteiger charge is 2.22. The number of anilines is 1. The molecule has 7 nitrogen and oxygen atoms in total. The summed E-state index contributed by atoms with van der Waals surface area (Å²) in [4.78, 5) is 12.5. The zero-order valence-corrected chi connectivity index (χ0v) is 20.8. The average molecular weight is 595 g/mol. The predicted octanol–water partition coefficient (Wildman–Crippen LogP) is 5.27. The molecule has 0 fully saturated rings. The average Bonchev–Trinajstić information content (AvgIpc) is 2.80. The molecule has 0 aliphatic carbocycles. The van der Waals surface area contributed by atoms with Gasteiger partial charge in [0, 0.05) is 9.26 Å². The fraction of sp³-hybridized carbons (Fsp3) is 0.0435. The van der Waals surface area contributed by atoms with Crippen molar-refractivity contribution in [2.75, 3.05) is 12.4 Å². The van der Waals surface area contributed by atoms with E-state index < -0.39 is 16.0 Å². The fourth-order valence-electron chi connectivity index (χ4n) is 2.70. The number of hydrogen-bond acceptors (Lipinski definition) is 6. The molecule has 0 heterocycles. The van der Waals surface area contributed by atoms with Crippen molar-refractivity contribution in [1.29, 1.82) is 5.26 Å². The van der Waals surface area contributed by atoms with Gasteiger partial charge in [0.25, 0.3) is 5.91 Å². The summed E-state index contributed by atoms with van der Waals surface area (Å²) in [5.74, 6) is -0.800. The molecule has 3 aromatic rings. The number of rotatable bonds is 7. The molecule has 0 spiro atoms. The first-order valence-electron chi connectivity index (χ1n) is 9.29. The Bertz CT molecular complexity index is 1350. The molecule has 0 aliphatic heterocycles. The highest BCUT2D eigenvalue weighted by atomic mass is 127. The first kappa shape index (κ1) is 24.6. The van der Waals surface area contributed by atoms with Crippen LogP contribution in [-0.2, 0) is 14.9 Å². The Morgan fingerprint density at radius 1 is 1.12 bits per heavy atom. The fourth-order valence-corrected chi connectivity index (χ4v) is 4.34.